The summed E-state index contributed by atoms with van der Waals surface area (Å²) in [5.41, 5.74) is 0.562. The van der Waals surface area contributed by atoms with Crippen LogP contribution < -0.4 is 10.2 Å². The molecule has 0 spiro atoms. The fraction of sp³-hybridized carbons (Fsp3) is 0.588. The summed E-state index contributed by atoms with van der Waals surface area (Å²) < 4.78 is 5.30. The van der Waals surface area contributed by atoms with Crippen molar-refractivity contribution in [3.05, 3.63) is 23.9 Å². The highest BCUT2D eigenvalue weighted by Gasteiger charge is 2.26. The van der Waals surface area contributed by atoms with Gasteiger partial charge in [-0.05, 0) is 19.1 Å². The highest BCUT2D eigenvalue weighted by atomic mass is 16.5. The van der Waals surface area contributed by atoms with E-state index in [4.69, 9.17) is 4.74 Å². The Balaban J connectivity index is 1.53. The van der Waals surface area contributed by atoms with Gasteiger partial charge in [0.15, 0.2) is 0 Å². The summed E-state index contributed by atoms with van der Waals surface area (Å²) in [4.78, 5) is 34.6. The van der Waals surface area contributed by atoms with Gasteiger partial charge in [0.25, 0.3) is 5.91 Å². The first-order valence-electron chi connectivity index (χ1n) is 8.80. The molecule has 1 aromatic heterocycles. The molecule has 2 saturated heterocycles. The van der Waals surface area contributed by atoms with Crippen LogP contribution in [0.5, 0.6) is 0 Å². The minimum absolute atomic E-state index is 0.0995. The number of piperazine rings is 1. The Kier molecular flexibility index (Phi) is 5.70. The summed E-state index contributed by atoms with van der Waals surface area (Å²) in [5, 5.41) is 2.76. The highest BCUT2D eigenvalue weighted by molar-refractivity contribution is 5.94. The summed E-state index contributed by atoms with van der Waals surface area (Å²) >= 11 is 0. The van der Waals surface area contributed by atoms with Crippen LogP contribution in [-0.2, 0) is 4.74 Å². The third-order valence-electron chi connectivity index (χ3n) is 4.50. The SMILES string of the molecule is CCNC(=O)c1ccc(N2CCN(C(=O)N3CCOCC3)CC2)nc1. The number of ether oxygens (including phenoxy) is 1. The molecule has 0 atom stereocenters. The molecule has 8 nitrogen and oxygen atoms in total. The molecule has 0 bridgehead atoms. The lowest BCUT2D eigenvalue weighted by Gasteiger charge is -2.38. The number of aromatic nitrogens is 1. The molecule has 8 heteroatoms. The van der Waals surface area contributed by atoms with Crippen molar-refractivity contribution >= 4 is 17.8 Å². The topological polar surface area (TPSA) is 78.0 Å². The molecule has 1 N–H and O–H groups in total. The minimum atomic E-state index is -0.109. The molecule has 0 aromatic carbocycles. The monoisotopic (exact) mass is 347 g/mol. The van der Waals surface area contributed by atoms with Crippen molar-refractivity contribution < 1.29 is 14.3 Å². The highest BCUT2D eigenvalue weighted by Crippen LogP contribution is 2.15. The molecular weight excluding hydrogens is 322 g/mol. The van der Waals surface area contributed by atoms with Crippen LogP contribution in [0.4, 0.5) is 10.6 Å². The maximum atomic E-state index is 12.5. The molecule has 136 valence electrons. The zero-order valence-corrected chi connectivity index (χ0v) is 14.6. The lowest BCUT2D eigenvalue weighted by molar-refractivity contribution is 0.0428. The first-order chi connectivity index (χ1) is 12.2. The van der Waals surface area contributed by atoms with Gasteiger partial charge < -0.3 is 24.8 Å². The molecule has 0 radical (unpaired) electrons. The summed E-state index contributed by atoms with van der Waals surface area (Å²) in [6.07, 6.45) is 1.60. The van der Waals surface area contributed by atoms with Crippen LogP contribution in [0, 0.1) is 0 Å². The second-order valence-corrected chi connectivity index (χ2v) is 6.12. The Labute approximate surface area is 147 Å². The van der Waals surface area contributed by atoms with Gasteiger partial charge in [0, 0.05) is 52.0 Å². The molecule has 2 aliphatic rings. The molecule has 0 aliphatic carbocycles. The van der Waals surface area contributed by atoms with Crippen molar-refractivity contribution in [3.63, 3.8) is 0 Å². The number of amides is 3. The molecule has 25 heavy (non-hydrogen) atoms. The number of nitrogens with zero attached hydrogens (tertiary/aromatic N) is 4. The number of pyridine rings is 1. The van der Waals surface area contributed by atoms with Crippen LogP contribution in [0.2, 0.25) is 0 Å². The zero-order valence-electron chi connectivity index (χ0n) is 14.6. The predicted octanol–water partition coefficient (Wildman–Crippen LogP) is 0.406. The third kappa shape index (κ3) is 4.19. The van der Waals surface area contributed by atoms with Crippen molar-refractivity contribution in [1.29, 1.82) is 0 Å². The van der Waals surface area contributed by atoms with Gasteiger partial charge in [-0.15, -0.1) is 0 Å². The lowest BCUT2D eigenvalue weighted by atomic mass is 10.2. The fourth-order valence-corrected chi connectivity index (χ4v) is 3.05. The summed E-state index contributed by atoms with van der Waals surface area (Å²) in [7, 11) is 0. The van der Waals surface area contributed by atoms with Gasteiger partial charge in [-0.1, -0.05) is 0 Å². The molecule has 1 aromatic rings. The second-order valence-electron chi connectivity index (χ2n) is 6.12. The third-order valence-corrected chi connectivity index (χ3v) is 4.50. The van der Waals surface area contributed by atoms with E-state index in [9.17, 15) is 9.59 Å². The van der Waals surface area contributed by atoms with E-state index in [0.717, 1.165) is 18.9 Å². The molecule has 3 rings (SSSR count). The number of carbonyl (C=O) groups excluding carboxylic acids is 2. The van der Waals surface area contributed by atoms with Crippen molar-refractivity contribution in [2.24, 2.45) is 0 Å². The van der Waals surface area contributed by atoms with Gasteiger partial charge in [0.1, 0.15) is 5.82 Å². The first kappa shape index (κ1) is 17.5. The maximum Gasteiger partial charge on any atom is 0.320 e. The number of morpholine rings is 1. The van der Waals surface area contributed by atoms with E-state index in [1.807, 2.05) is 22.8 Å². The second kappa shape index (κ2) is 8.15. The van der Waals surface area contributed by atoms with E-state index in [0.29, 0.717) is 51.5 Å². The maximum absolute atomic E-state index is 12.5. The molecule has 3 heterocycles. The van der Waals surface area contributed by atoms with Gasteiger partial charge >= 0.3 is 6.03 Å². The Bertz CT molecular complexity index is 593. The van der Waals surface area contributed by atoms with E-state index >= 15 is 0 Å². The molecule has 3 amide bonds. The lowest BCUT2D eigenvalue weighted by Crippen LogP contribution is -2.55. The zero-order chi connectivity index (χ0) is 17.6. The Morgan fingerprint density at radius 1 is 1.08 bits per heavy atom. The van der Waals surface area contributed by atoms with Crippen molar-refractivity contribution in [2.75, 3.05) is 63.9 Å². The van der Waals surface area contributed by atoms with E-state index < -0.39 is 0 Å². The molecule has 2 fully saturated rings. The minimum Gasteiger partial charge on any atom is -0.378 e. The van der Waals surface area contributed by atoms with Crippen LogP contribution in [0.15, 0.2) is 18.3 Å². The van der Waals surface area contributed by atoms with Gasteiger partial charge in [-0.2, -0.15) is 0 Å². The van der Waals surface area contributed by atoms with Crippen molar-refractivity contribution in [1.82, 2.24) is 20.1 Å². The summed E-state index contributed by atoms with van der Waals surface area (Å²) in [6, 6.07) is 3.75. The van der Waals surface area contributed by atoms with E-state index in [2.05, 4.69) is 15.2 Å². The number of hydrogen-bond acceptors (Lipinski definition) is 5. The van der Waals surface area contributed by atoms with Gasteiger partial charge in [-0.25, -0.2) is 9.78 Å². The smallest absolute Gasteiger partial charge is 0.320 e. The molecular formula is C17H25N5O3. The Morgan fingerprint density at radius 2 is 1.76 bits per heavy atom. The standard InChI is InChI=1S/C17H25N5O3/c1-2-18-16(23)14-3-4-15(19-13-14)20-5-7-21(8-6-20)17(24)22-9-11-25-12-10-22/h3-4,13H,2,5-12H2,1H3,(H,18,23). The molecule has 0 unspecified atom stereocenters. The van der Waals surface area contributed by atoms with Crippen LogP contribution in [0.25, 0.3) is 0 Å². The molecule has 0 saturated carbocycles. The van der Waals surface area contributed by atoms with Crippen LogP contribution in [0.1, 0.15) is 17.3 Å². The van der Waals surface area contributed by atoms with E-state index in [1.54, 1.807) is 12.3 Å². The normalized spacial score (nSPS) is 18.2. The van der Waals surface area contributed by atoms with Gasteiger partial charge in [-0.3, -0.25) is 4.79 Å². The van der Waals surface area contributed by atoms with Gasteiger partial charge in [0.05, 0.1) is 18.8 Å². The number of rotatable bonds is 3. The number of carbonyl (C=O) groups is 2. The number of hydrogen-bond donors (Lipinski definition) is 1. The number of nitrogens with one attached hydrogen (secondary N) is 1. The quantitative estimate of drug-likeness (QED) is 0.857. The van der Waals surface area contributed by atoms with Crippen LogP contribution in [-0.4, -0.2) is 85.7 Å². The van der Waals surface area contributed by atoms with E-state index in [1.165, 1.54) is 0 Å². The summed E-state index contributed by atoms with van der Waals surface area (Å²) in [5.74, 6) is 0.731. The van der Waals surface area contributed by atoms with Crippen molar-refractivity contribution in [2.45, 2.75) is 6.92 Å². The van der Waals surface area contributed by atoms with E-state index in [-0.39, 0.29) is 11.9 Å². The number of urea groups is 1. The average molecular weight is 347 g/mol. The van der Waals surface area contributed by atoms with Crippen LogP contribution >= 0.6 is 0 Å². The summed E-state index contributed by atoms with van der Waals surface area (Å²) in [6.45, 7) is 7.89. The predicted molar refractivity (Wildman–Crippen MR) is 93.8 cm³/mol. The van der Waals surface area contributed by atoms with Crippen molar-refractivity contribution in [3.8, 4) is 0 Å². The largest absolute Gasteiger partial charge is 0.378 e. The van der Waals surface area contributed by atoms with Crippen LogP contribution in [0.3, 0.4) is 0 Å². The molecule has 2 aliphatic heterocycles. The number of anilines is 1. The Hall–Kier alpha value is -2.35. The Morgan fingerprint density at radius 3 is 2.36 bits per heavy atom. The first-order valence-corrected chi connectivity index (χ1v) is 8.80. The average Bonchev–Trinajstić information content (AvgIpc) is 2.68. The van der Waals surface area contributed by atoms with Gasteiger partial charge in [0.2, 0.25) is 0 Å². The fourth-order valence-electron chi connectivity index (χ4n) is 3.05.